The number of hydrogen-bond acceptors (Lipinski definition) is 4. The molecular formula is C16H23N3O2S. The second-order valence-electron chi connectivity index (χ2n) is 6.48. The van der Waals surface area contributed by atoms with Gasteiger partial charge in [-0.05, 0) is 25.2 Å². The minimum absolute atomic E-state index is 0.0451. The van der Waals surface area contributed by atoms with Crippen LogP contribution in [-0.2, 0) is 16.0 Å². The van der Waals surface area contributed by atoms with E-state index in [1.165, 1.54) is 24.2 Å². The van der Waals surface area contributed by atoms with E-state index in [0.29, 0.717) is 24.8 Å². The molecule has 2 aliphatic rings. The van der Waals surface area contributed by atoms with Gasteiger partial charge in [0.15, 0.2) is 5.13 Å². The van der Waals surface area contributed by atoms with Crippen molar-refractivity contribution >= 4 is 28.3 Å². The van der Waals surface area contributed by atoms with Gasteiger partial charge in [-0.1, -0.05) is 19.8 Å². The van der Waals surface area contributed by atoms with E-state index in [4.69, 9.17) is 0 Å². The maximum absolute atomic E-state index is 12.2. The number of amides is 2. The Balaban J connectivity index is 1.53. The molecule has 0 spiro atoms. The molecule has 1 aliphatic carbocycles. The van der Waals surface area contributed by atoms with Gasteiger partial charge in [0.05, 0.1) is 12.1 Å². The van der Waals surface area contributed by atoms with Gasteiger partial charge in [-0.15, -0.1) is 11.3 Å². The monoisotopic (exact) mass is 321 g/mol. The molecule has 22 heavy (non-hydrogen) atoms. The molecule has 1 aliphatic heterocycles. The highest BCUT2D eigenvalue weighted by Gasteiger charge is 2.25. The van der Waals surface area contributed by atoms with Crippen LogP contribution in [0.5, 0.6) is 0 Å². The predicted octanol–water partition coefficient (Wildman–Crippen LogP) is 2.51. The smallest absolute Gasteiger partial charge is 0.228 e. The molecule has 3 rings (SSSR count). The zero-order valence-electron chi connectivity index (χ0n) is 13.0. The second-order valence-corrected chi connectivity index (χ2v) is 7.32. The van der Waals surface area contributed by atoms with Crippen LogP contribution in [0.4, 0.5) is 5.13 Å². The Bertz CT molecular complexity index is 557. The maximum Gasteiger partial charge on any atom is 0.228 e. The van der Waals surface area contributed by atoms with Gasteiger partial charge < -0.3 is 5.32 Å². The van der Waals surface area contributed by atoms with Crippen LogP contribution in [0.3, 0.4) is 0 Å². The molecule has 0 unspecified atom stereocenters. The minimum atomic E-state index is 0.0451. The van der Waals surface area contributed by atoms with Crippen LogP contribution >= 0.6 is 11.3 Å². The Morgan fingerprint density at radius 3 is 3.05 bits per heavy atom. The standard InChI is InChI=1S/C16H23N3O2S/c1-11-4-2-5-12(8-11)17-14(20)9-13-10-22-16(18-13)19-7-3-6-15(19)21/h10-12H,2-9H2,1H3,(H,17,20)/t11-,12+/m0/s1. The quantitative estimate of drug-likeness (QED) is 0.927. The first-order valence-electron chi connectivity index (χ1n) is 8.16. The van der Waals surface area contributed by atoms with Crippen LogP contribution < -0.4 is 10.2 Å². The van der Waals surface area contributed by atoms with E-state index in [-0.39, 0.29) is 11.8 Å². The molecule has 6 heteroatoms. The van der Waals surface area contributed by atoms with Crippen LogP contribution in [0, 0.1) is 5.92 Å². The van der Waals surface area contributed by atoms with Crippen LogP contribution in [0.15, 0.2) is 5.38 Å². The number of aromatic nitrogens is 1. The van der Waals surface area contributed by atoms with Crippen molar-refractivity contribution in [3.8, 4) is 0 Å². The molecule has 120 valence electrons. The van der Waals surface area contributed by atoms with Crippen molar-refractivity contribution in [1.82, 2.24) is 10.3 Å². The lowest BCUT2D eigenvalue weighted by Gasteiger charge is -2.27. The van der Waals surface area contributed by atoms with Crippen molar-refractivity contribution < 1.29 is 9.59 Å². The number of nitrogens with one attached hydrogen (secondary N) is 1. The van der Waals surface area contributed by atoms with E-state index in [1.54, 1.807) is 4.90 Å². The predicted molar refractivity (Wildman–Crippen MR) is 87.0 cm³/mol. The van der Waals surface area contributed by atoms with Crippen molar-refractivity contribution in [1.29, 1.82) is 0 Å². The fourth-order valence-electron chi connectivity index (χ4n) is 3.36. The van der Waals surface area contributed by atoms with E-state index in [1.807, 2.05) is 5.38 Å². The van der Waals surface area contributed by atoms with Crippen molar-refractivity contribution in [3.63, 3.8) is 0 Å². The molecule has 1 saturated heterocycles. The SMILES string of the molecule is C[C@H]1CCC[C@@H](NC(=O)Cc2csc(N3CCCC3=O)n2)C1. The van der Waals surface area contributed by atoms with Crippen molar-refractivity contribution in [3.05, 3.63) is 11.1 Å². The highest BCUT2D eigenvalue weighted by atomic mass is 32.1. The zero-order chi connectivity index (χ0) is 15.5. The molecule has 2 atom stereocenters. The summed E-state index contributed by atoms with van der Waals surface area (Å²) in [6.07, 6.45) is 6.44. The lowest BCUT2D eigenvalue weighted by atomic mass is 9.87. The van der Waals surface area contributed by atoms with Gasteiger partial charge in [-0.3, -0.25) is 14.5 Å². The van der Waals surface area contributed by atoms with Gasteiger partial charge in [0.1, 0.15) is 0 Å². The highest BCUT2D eigenvalue weighted by molar-refractivity contribution is 7.14. The summed E-state index contributed by atoms with van der Waals surface area (Å²) in [5, 5.41) is 5.76. The normalized spacial score (nSPS) is 25.5. The lowest BCUT2D eigenvalue weighted by Crippen LogP contribution is -2.38. The molecule has 2 fully saturated rings. The first kappa shape index (κ1) is 15.5. The van der Waals surface area contributed by atoms with Crippen LogP contribution in [0.25, 0.3) is 0 Å². The van der Waals surface area contributed by atoms with Crippen molar-refractivity contribution in [2.24, 2.45) is 5.92 Å². The van der Waals surface area contributed by atoms with Gasteiger partial charge in [-0.2, -0.15) is 0 Å². The molecule has 0 radical (unpaired) electrons. The molecule has 2 heterocycles. The number of carbonyl (C=O) groups excluding carboxylic acids is 2. The summed E-state index contributed by atoms with van der Waals surface area (Å²) < 4.78 is 0. The maximum atomic E-state index is 12.2. The average molecular weight is 321 g/mol. The number of carbonyl (C=O) groups is 2. The number of rotatable bonds is 4. The molecule has 0 bridgehead atoms. The van der Waals surface area contributed by atoms with E-state index >= 15 is 0 Å². The van der Waals surface area contributed by atoms with E-state index in [9.17, 15) is 9.59 Å². The van der Waals surface area contributed by atoms with E-state index < -0.39 is 0 Å². The molecule has 2 amide bonds. The summed E-state index contributed by atoms with van der Waals surface area (Å²) >= 11 is 1.45. The Morgan fingerprint density at radius 1 is 1.45 bits per heavy atom. The summed E-state index contributed by atoms with van der Waals surface area (Å²) in [7, 11) is 0. The Morgan fingerprint density at radius 2 is 2.32 bits per heavy atom. The van der Waals surface area contributed by atoms with Crippen LogP contribution in [0.1, 0.15) is 51.1 Å². The van der Waals surface area contributed by atoms with Gasteiger partial charge in [0.2, 0.25) is 11.8 Å². The van der Waals surface area contributed by atoms with Gasteiger partial charge in [0.25, 0.3) is 0 Å². The molecule has 1 aromatic rings. The fourth-order valence-corrected chi connectivity index (χ4v) is 4.23. The highest BCUT2D eigenvalue weighted by Crippen LogP contribution is 2.26. The number of nitrogens with zero attached hydrogens (tertiary/aromatic N) is 2. The van der Waals surface area contributed by atoms with Gasteiger partial charge in [-0.25, -0.2) is 4.98 Å². The van der Waals surface area contributed by atoms with Crippen molar-refractivity contribution in [2.75, 3.05) is 11.4 Å². The third-order valence-electron chi connectivity index (χ3n) is 4.49. The van der Waals surface area contributed by atoms with E-state index in [0.717, 1.165) is 36.6 Å². The third kappa shape index (κ3) is 3.66. The Hall–Kier alpha value is -1.43. The van der Waals surface area contributed by atoms with Crippen LogP contribution in [0.2, 0.25) is 0 Å². The van der Waals surface area contributed by atoms with Crippen molar-refractivity contribution in [2.45, 2.75) is 57.9 Å². The first-order valence-corrected chi connectivity index (χ1v) is 9.04. The van der Waals surface area contributed by atoms with Gasteiger partial charge in [0, 0.05) is 24.4 Å². The Labute approximate surface area is 135 Å². The van der Waals surface area contributed by atoms with Gasteiger partial charge >= 0.3 is 0 Å². The summed E-state index contributed by atoms with van der Waals surface area (Å²) in [5.74, 6) is 0.886. The summed E-state index contributed by atoms with van der Waals surface area (Å²) in [6.45, 7) is 3.00. The van der Waals surface area contributed by atoms with E-state index in [2.05, 4.69) is 17.2 Å². The summed E-state index contributed by atoms with van der Waals surface area (Å²) in [4.78, 5) is 30.1. The fraction of sp³-hybridized carbons (Fsp3) is 0.688. The molecule has 1 N–H and O–H groups in total. The van der Waals surface area contributed by atoms with Crippen LogP contribution in [-0.4, -0.2) is 29.4 Å². The number of thiazole rings is 1. The summed E-state index contributed by atoms with van der Waals surface area (Å²) in [6, 6.07) is 0.314. The molecular weight excluding hydrogens is 298 g/mol. The topological polar surface area (TPSA) is 62.3 Å². The Kier molecular flexibility index (Phi) is 4.76. The second kappa shape index (κ2) is 6.77. The lowest BCUT2D eigenvalue weighted by molar-refractivity contribution is -0.121. The molecule has 1 saturated carbocycles. The molecule has 1 aromatic heterocycles. The number of hydrogen-bond donors (Lipinski definition) is 1. The average Bonchev–Trinajstić information content (AvgIpc) is 3.07. The molecule has 0 aromatic carbocycles. The zero-order valence-corrected chi connectivity index (χ0v) is 13.8. The summed E-state index contributed by atoms with van der Waals surface area (Å²) in [5.41, 5.74) is 0.765. The largest absolute Gasteiger partial charge is 0.353 e. The molecule has 5 nitrogen and oxygen atoms in total. The third-order valence-corrected chi connectivity index (χ3v) is 5.40. The minimum Gasteiger partial charge on any atom is -0.353 e. The number of anilines is 1. The first-order chi connectivity index (χ1) is 10.6.